The number of hydrogen-bond donors (Lipinski definition) is 1. The minimum Gasteiger partial charge on any atom is -0.478 e. The molecule has 1 amide bonds. The Morgan fingerprint density at radius 2 is 1.83 bits per heavy atom. The SMILES string of the molecule is Cc1c(C(=O)O)cnn1C1CCN(C(=O)c2ccccc2)CC1. The van der Waals surface area contributed by atoms with Crippen molar-refractivity contribution in [2.24, 2.45) is 0 Å². The first kappa shape index (κ1) is 15.3. The number of benzene rings is 1. The van der Waals surface area contributed by atoms with Gasteiger partial charge in [-0.2, -0.15) is 5.10 Å². The van der Waals surface area contributed by atoms with Gasteiger partial charge in [0, 0.05) is 18.7 Å². The minimum absolute atomic E-state index is 0.0486. The van der Waals surface area contributed by atoms with Gasteiger partial charge in [0.05, 0.1) is 17.9 Å². The van der Waals surface area contributed by atoms with Crippen LogP contribution in [0.5, 0.6) is 0 Å². The summed E-state index contributed by atoms with van der Waals surface area (Å²) in [6.07, 6.45) is 2.96. The van der Waals surface area contributed by atoms with Gasteiger partial charge in [0.25, 0.3) is 5.91 Å². The first-order chi connectivity index (χ1) is 11.1. The molecule has 1 aliphatic rings. The average Bonchev–Trinajstić information content (AvgIpc) is 2.97. The molecule has 0 radical (unpaired) electrons. The van der Waals surface area contributed by atoms with Crippen LogP contribution in [-0.2, 0) is 0 Å². The fraction of sp³-hybridized carbons (Fsp3) is 0.353. The summed E-state index contributed by atoms with van der Waals surface area (Å²) in [5, 5.41) is 13.3. The fourth-order valence-corrected chi connectivity index (χ4v) is 3.08. The summed E-state index contributed by atoms with van der Waals surface area (Å²) in [5.74, 6) is -0.905. The van der Waals surface area contributed by atoms with Crippen LogP contribution < -0.4 is 0 Å². The van der Waals surface area contributed by atoms with Crippen molar-refractivity contribution in [3.05, 3.63) is 53.3 Å². The molecule has 0 spiro atoms. The van der Waals surface area contributed by atoms with E-state index >= 15 is 0 Å². The zero-order chi connectivity index (χ0) is 16.4. The molecule has 1 N–H and O–H groups in total. The molecule has 0 saturated carbocycles. The Morgan fingerprint density at radius 3 is 2.39 bits per heavy atom. The van der Waals surface area contributed by atoms with Crippen LogP contribution in [0.4, 0.5) is 0 Å². The van der Waals surface area contributed by atoms with Gasteiger partial charge in [0.2, 0.25) is 0 Å². The Kier molecular flexibility index (Phi) is 4.14. The maximum atomic E-state index is 12.4. The van der Waals surface area contributed by atoms with Gasteiger partial charge in [-0.05, 0) is 31.9 Å². The van der Waals surface area contributed by atoms with Crippen molar-refractivity contribution in [3.63, 3.8) is 0 Å². The number of aromatic nitrogens is 2. The Hall–Kier alpha value is -2.63. The summed E-state index contributed by atoms with van der Waals surface area (Å²) in [6.45, 7) is 3.08. The topological polar surface area (TPSA) is 75.4 Å². The van der Waals surface area contributed by atoms with E-state index in [9.17, 15) is 9.59 Å². The number of nitrogens with zero attached hydrogens (tertiary/aromatic N) is 3. The van der Waals surface area contributed by atoms with Gasteiger partial charge >= 0.3 is 5.97 Å². The second-order valence-corrected chi connectivity index (χ2v) is 5.78. The van der Waals surface area contributed by atoms with Crippen molar-refractivity contribution in [2.45, 2.75) is 25.8 Å². The van der Waals surface area contributed by atoms with Gasteiger partial charge in [0.15, 0.2) is 0 Å². The van der Waals surface area contributed by atoms with Gasteiger partial charge in [-0.15, -0.1) is 0 Å². The van der Waals surface area contributed by atoms with Gasteiger partial charge in [-0.3, -0.25) is 9.48 Å². The summed E-state index contributed by atoms with van der Waals surface area (Å²) >= 11 is 0. The molecule has 1 aromatic heterocycles. The molecule has 0 aliphatic carbocycles. The van der Waals surface area contributed by atoms with Crippen LogP contribution in [0, 0.1) is 6.92 Å². The molecule has 2 aromatic rings. The van der Waals surface area contributed by atoms with Gasteiger partial charge < -0.3 is 10.0 Å². The van der Waals surface area contributed by atoms with Gasteiger partial charge in [-0.25, -0.2) is 4.79 Å². The molecule has 6 heteroatoms. The van der Waals surface area contributed by atoms with E-state index in [1.165, 1.54) is 6.20 Å². The third-order valence-corrected chi connectivity index (χ3v) is 4.39. The molecule has 0 atom stereocenters. The Morgan fingerprint density at radius 1 is 1.17 bits per heavy atom. The lowest BCUT2D eigenvalue weighted by Crippen LogP contribution is -2.39. The zero-order valence-electron chi connectivity index (χ0n) is 13.0. The maximum Gasteiger partial charge on any atom is 0.339 e. The molecular weight excluding hydrogens is 294 g/mol. The van der Waals surface area contributed by atoms with Crippen LogP contribution in [0.1, 0.15) is 45.3 Å². The van der Waals surface area contributed by atoms with Crippen LogP contribution in [0.3, 0.4) is 0 Å². The molecule has 6 nitrogen and oxygen atoms in total. The minimum atomic E-state index is -0.953. The highest BCUT2D eigenvalue weighted by Crippen LogP contribution is 2.25. The predicted molar refractivity (Wildman–Crippen MR) is 84.5 cm³/mol. The summed E-state index contributed by atoms with van der Waals surface area (Å²) in [7, 11) is 0. The summed E-state index contributed by atoms with van der Waals surface area (Å²) < 4.78 is 1.79. The lowest BCUT2D eigenvalue weighted by molar-refractivity contribution is 0.0688. The predicted octanol–water partition coefficient (Wildman–Crippen LogP) is 2.37. The molecule has 0 bridgehead atoms. The zero-order valence-corrected chi connectivity index (χ0v) is 13.0. The third kappa shape index (κ3) is 2.97. The Balaban J connectivity index is 1.67. The largest absolute Gasteiger partial charge is 0.478 e. The average molecular weight is 313 g/mol. The highest BCUT2D eigenvalue weighted by atomic mass is 16.4. The quantitative estimate of drug-likeness (QED) is 0.944. The number of rotatable bonds is 3. The first-order valence-corrected chi connectivity index (χ1v) is 7.69. The molecule has 120 valence electrons. The number of carboxylic acids is 1. The second-order valence-electron chi connectivity index (χ2n) is 5.78. The van der Waals surface area contributed by atoms with Crippen LogP contribution in [0.25, 0.3) is 0 Å². The first-order valence-electron chi connectivity index (χ1n) is 7.69. The number of likely N-dealkylation sites (tertiary alicyclic amines) is 1. The van der Waals surface area contributed by atoms with Crippen molar-refractivity contribution in [3.8, 4) is 0 Å². The molecule has 1 aromatic carbocycles. The van der Waals surface area contributed by atoms with E-state index < -0.39 is 5.97 Å². The summed E-state index contributed by atoms with van der Waals surface area (Å²) in [4.78, 5) is 25.4. The Labute approximate surface area is 134 Å². The van der Waals surface area contributed by atoms with E-state index in [1.807, 2.05) is 35.2 Å². The fourth-order valence-electron chi connectivity index (χ4n) is 3.08. The van der Waals surface area contributed by atoms with Gasteiger partial charge in [0.1, 0.15) is 5.56 Å². The van der Waals surface area contributed by atoms with E-state index in [-0.39, 0.29) is 17.5 Å². The van der Waals surface area contributed by atoms with Crippen molar-refractivity contribution < 1.29 is 14.7 Å². The molecule has 1 saturated heterocycles. The highest BCUT2D eigenvalue weighted by molar-refractivity contribution is 5.94. The molecular formula is C17H19N3O3. The lowest BCUT2D eigenvalue weighted by atomic mass is 10.0. The molecule has 0 unspecified atom stereocenters. The monoisotopic (exact) mass is 313 g/mol. The normalized spacial score (nSPS) is 15.6. The molecule has 2 heterocycles. The number of amides is 1. The van der Waals surface area contributed by atoms with Crippen LogP contribution in [0.2, 0.25) is 0 Å². The number of carboxylic acid groups (broad SMARTS) is 1. The third-order valence-electron chi connectivity index (χ3n) is 4.39. The van der Waals surface area contributed by atoms with E-state index in [0.717, 1.165) is 12.8 Å². The number of piperidine rings is 1. The smallest absolute Gasteiger partial charge is 0.339 e. The number of carbonyl (C=O) groups excluding carboxylic acids is 1. The number of hydrogen-bond acceptors (Lipinski definition) is 3. The van der Waals surface area contributed by atoms with Crippen molar-refractivity contribution in [1.29, 1.82) is 0 Å². The van der Waals surface area contributed by atoms with Gasteiger partial charge in [-0.1, -0.05) is 18.2 Å². The summed E-state index contributed by atoms with van der Waals surface area (Å²) in [5.41, 5.74) is 1.62. The molecule has 1 aliphatic heterocycles. The Bertz CT molecular complexity index is 716. The van der Waals surface area contributed by atoms with E-state index in [0.29, 0.717) is 24.3 Å². The second kappa shape index (κ2) is 6.24. The van der Waals surface area contributed by atoms with Crippen LogP contribution in [0.15, 0.2) is 36.5 Å². The lowest BCUT2D eigenvalue weighted by Gasteiger charge is -2.32. The van der Waals surface area contributed by atoms with E-state index in [2.05, 4.69) is 5.10 Å². The molecule has 1 fully saturated rings. The van der Waals surface area contributed by atoms with E-state index in [1.54, 1.807) is 11.6 Å². The number of carbonyl (C=O) groups is 2. The van der Waals surface area contributed by atoms with Crippen LogP contribution >= 0.6 is 0 Å². The molecule has 3 rings (SSSR count). The van der Waals surface area contributed by atoms with Crippen molar-refractivity contribution in [1.82, 2.24) is 14.7 Å². The molecule has 23 heavy (non-hydrogen) atoms. The standard InChI is InChI=1S/C17H19N3O3/c1-12-15(17(22)23)11-18-20(12)14-7-9-19(10-8-14)16(21)13-5-3-2-4-6-13/h2-6,11,14H,7-10H2,1H3,(H,22,23). The van der Waals surface area contributed by atoms with Crippen molar-refractivity contribution >= 4 is 11.9 Å². The maximum absolute atomic E-state index is 12.4. The summed E-state index contributed by atoms with van der Waals surface area (Å²) in [6, 6.07) is 9.41. The van der Waals surface area contributed by atoms with Crippen LogP contribution in [-0.4, -0.2) is 44.8 Å². The highest BCUT2D eigenvalue weighted by Gasteiger charge is 2.26. The van der Waals surface area contributed by atoms with Crippen molar-refractivity contribution in [2.75, 3.05) is 13.1 Å². The van der Waals surface area contributed by atoms with E-state index in [4.69, 9.17) is 5.11 Å². The number of aromatic carboxylic acids is 1.